The SMILES string of the molecule is NCCCCC(NC(=O)C(CCCN=C(N)N)NC(=O)C(N)CCC(N)=O)C(=O)NC(Cc1c[nH]c2ccccc12)C(=O)O. The van der Waals surface area contributed by atoms with Gasteiger partial charge in [-0.2, -0.15) is 0 Å². The molecule has 2 aromatic rings. The van der Waals surface area contributed by atoms with Gasteiger partial charge in [0, 0.05) is 36.5 Å². The first-order chi connectivity index (χ1) is 20.9. The smallest absolute Gasteiger partial charge is 0.326 e. The van der Waals surface area contributed by atoms with Crippen LogP contribution >= 0.6 is 0 Å². The zero-order valence-corrected chi connectivity index (χ0v) is 24.6. The van der Waals surface area contributed by atoms with Crippen molar-refractivity contribution in [1.29, 1.82) is 0 Å². The van der Waals surface area contributed by atoms with E-state index in [1.54, 1.807) is 6.20 Å². The van der Waals surface area contributed by atoms with Crippen LogP contribution in [0.1, 0.15) is 50.5 Å². The van der Waals surface area contributed by atoms with Crippen molar-refractivity contribution in [1.82, 2.24) is 20.9 Å². The molecule has 0 bridgehead atoms. The molecule has 0 saturated carbocycles. The van der Waals surface area contributed by atoms with Crippen LogP contribution in [0.5, 0.6) is 0 Å². The third kappa shape index (κ3) is 11.9. The van der Waals surface area contributed by atoms with E-state index < -0.39 is 53.8 Å². The number of carboxylic acids is 1. The monoisotopic (exact) mass is 616 g/mol. The van der Waals surface area contributed by atoms with Crippen LogP contribution in [0, 0.1) is 0 Å². The lowest BCUT2D eigenvalue weighted by Crippen LogP contribution is -2.57. The van der Waals surface area contributed by atoms with Crippen LogP contribution in [-0.2, 0) is 30.4 Å². The van der Waals surface area contributed by atoms with Gasteiger partial charge in [0.05, 0.1) is 6.04 Å². The Morgan fingerprint density at radius 1 is 0.841 bits per heavy atom. The van der Waals surface area contributed by atoms with E-state index in [0.717, 1.165) is 10.9 Å². The van der Waals surface area contributed by atoms with Gasteiger partial charge in [-0.3, -0.25) is 24.2 Å². The summed E-state index contributed by atoms with van der Waals surface area (Å²) < 4.78 is 0. The number of primary amides is 1. The minimum atomic E-state index is -1.28. The van der Waals surface area contributed by atoms with Crippen molar-refractivity contribution in [3.05, 3.63) is 36.0 Å². The van der Waals surface area contributed by atoms with Crippen LogP contribution in [0.4, 0.5) is 0 Å². The van der Waals surface area contributed by atoms with Crippen molar-refractivity contribution < 1.29 is 29.1 Å². The lowest BCUT2D eigenvalue weighted by atomic mass is 10.0. The molecular formula is C28H44N10O6. The number of rotatable bonds is 20. The van der Waals surface area contributed by atoms with Gasteiger partial charge >= 0.3 is 5.97 Å². The number of para-hydroxylation sites is 1. The Bertz CT molecular complexity index is 1310. The summed E-state index contributed by atoms with van der Waals surface area (Å²) in [7, 11) is 0. The number of fused-ring (bicyclic) bond motifs is 1. The molecule has 242 valence electrons. The van der Waals surface area contributed by atoms with Gasteiger partial charge in [-0.25, -0.2) is 4.79 Å². The molecule has 0 fully saturated rings. The number of guanidine groups is 1. The lowest BCUT2D eigenvalue weighted by molar-refractivity contribution is -0.142. The van der Waals surface area contributed by atoms with Gasteiger partial charge in [-0.1, -0.05) is 18.2 Å². The van der Waals surface area contributed by atoms with Crippen LogP contribution in [0.15, 0.2) is 35.5 Å². The van der Waals surface area contributed by atoms with Crippen molar-refractivity contribution in [3.8, 4) is 0 Å². The summed E-state index contributed by atoms with van der Waals surface area (Å²) in [6.07, 6.45) is 3.12. The standard InChI is InChI=1S/C28H44N10O6/c29-12-4-3-8-20(26(42)38-22(27(43)44)14-16-15-35-19-7-2-1-6-17(16)19)37-25(41)21(9-5-13-34-28(32)33)36-24(40)18(30)10-11-23(31)39/h1-2,6-7,15,18,20-22,35H,3-5,8-14,29-30H2,(H2,31,39)(H,36,40)(H,37,41)(H,38,42)(H,43,44)(H4,32,33,34). The molecule has 16 nitrogen and oxygen atoms in total. The van der Waals surface area contributed by atoms with Gasteiger partial charge in [-0.15, -0.1) is 0 Å². The minimum absolute atomic E-state index is 0.00121. The van der Waals surface area contributed by atoms with Crippen LogP contribution in [0.25, 0.3) is 10.9 Å². The number of carbonyl (C=O) groups is 5. The lowest BCUT2D eigenvalue weighted by Gasteiger charge is -2.25. The Morgan fingerprint density at radius 2 is 1.45 bits per heavy atom. The molecule has 1 aromatic carbocycles. The Hall–Kier alpha value is -4.70. The molecule has 16 heteroatoms. The van der Waals surface area contributed by atoms with Gasteiger partial charge < -0.3 is 54.7 Å². The molecule has 0 spiro atoms. The first kappa shape index (κ1) is 35.5. The second-order valence-electron chi connectivity index (χ2n) is 10.4. The summed E-state index contributed by atoms with van der Waals surface area (Å²) in [5.74, 6) is -4.10. The zero-order chi connectivity index (χ0) is 32.6. The average molecular weight is 617 g/mol. The van der Waals surface area contributed by atoms with Crippen LogP contribution in [-0.4, -0.2) is 82.9 Å². The van der Waals surface area contributed by atoms with Gasteiger partial charge in [0.1, 0.15) is 18.1 Å². The number of aliphatic carboxylic acids is 1. The van der Waals surface area contributed by atoms with Gasteiger partial charge in [0.2, 0.25) is 23.6 Å². The molecule has 0 aliphatic carbocycles. The first-order valence-electron chi connectivity index (χ1n) is 14.4. The third-order valence-electron chi connectivity index (χ3n) is 6.91. The molecule has 4 amide bonds. The highest BCUT2D eigenvalue weighted by atomic mass is 16.4. The number of amides is 4. The molecule has 0 saturated heterocycles. The summed E-state index contributed by atoms with van der Waals surface area (Å²) in [5.41, 5.74) is 28.9. The number of unbranched alkanes of at least 4 members (excludes halogenated alkanes) is 1. The predicted octanol–water partition coefficient (Wildman–Crippen LogP) is -1.98. The molecule has 0 radical (unpaired) electrons. The largest absolute Gasteiger partial charge is 0.480 e. The molecule has 1 aromatic heterocycles. The Balaban J connectivity index is 2.20. The number of carboxylic acid groups (broad SMARTS) is 1. The first-order valence-corrected chi connectivity index (χ1v) is 14.4. The number of aromatic nitrogens is 1. The van der Waals surface area contributed by atoms with E-state index in [9.17, 15) is 29.1 Å². The van der Waals surface area contributed by atoms with E-state index in [1.165, 1.54) is 0 Å². The molecule has 15 N–H and O–H groups in total. The molecule has 0 aliphatic heterocycles. The topological polar surface area (TPSA) is 300 Å². The fourth-order valence-corrected chi connectivity index (χ4v) is 4.51. The fraction of sp³-hybridized carbons (Fsp3) is 0.500. The number of nitrogens with zero attached hydrogens (tertiary/aromatic N) is 1. The van der Waals surface area contributed by atoms with E-state index in [1.807, 2.05) is 24.3 Å². The number of benzene rings is 1. The maximum Gasteiger partial charge on any atom is 0.326 e. The molecular weight excluding hydrogens is 572 g/mol. The number of nitrogens with one attached hydrogen (secondary N) is 4. The maximum absolute atomic E-state index is 13.4. The second-order valence-corrected chi connectivity index (χ2v) is 10.4. The van der Waals surface area contributed by atoms with E-state index in [-0.39, 0.29) is 44.6 Å². The summed E-state index contributed by atoms with van der Waals surface area (Å²) in [6.45, 7) is 0.525. The van der Waals surface area contributed by atoms with Crippen LogP contribution in [0.2, 0.25) is 0 Å². The quantitative estimate of drug-likeness (QED) is 0.0444. The fourth-order valence-electron chi connectivity index (χ4n) is 4.51. The highest BCUT2D eigenvalue weighted by Crippen LogP contribution is 2.19. The maximum atomic E-state index is 13.4. The average Bonchev–Trinajstić information content (AvgIpc) is 3.38. The number of carbonyl (C=O) groups excluding carboxylic acids is 4. The van der Waals surface area contributed by atoms with Crippen LogP contribution < -0.4 is 44.6 Å². The van der Waals surface area contributed by atoms with Crippen molar-refractivity contribution in [3.63, 3.8) is 0 Å². The van der Waals surface area contributed by atoms with Crippen molar-refractivity contribution in [2.24, 2.45) is 33.7 Å². The Kier molecular flexibility index (Phi) is 14.6. The van der Waals surface area contributed by atoms with E-state index >= 15 is 0 Å². The number of aromatic amines is 1. The van der Waals surface area contributed by atoms with E-state index in [0.29, 0.717) is 31.4 Å². The van der Waals surface area contributed by atoms with Crippen molar-refractivity contribution in [2.75, 3.05) is 13.1 Å². The Labute approximate surface area is 254 Å². The van der Waals surface area contributed by atoms with Gasteiger partial charge in [0.15, 0.2) is 5.96 Å². The van der Waals surface area contributed by atoms with Gasteiger partial charge in [-0.05, 0) is 56.7 Å². The summed E-state index contributed by atoms with van der Waals surface area (Å²) >= 11 is 0. The Morgan fingerprint density at radius 3 is 2.07 bits per heavy atom. The van der Waals surface area contributed by atoms with Crippen molar-refractivity contribution >= 4 is 46.5 Å². The highest BCUT2D eigenvalue weighted by molar-refractivity contribution is 5.94. The number of hydrogen-bond acceptors (Lipinski definition) is 8. The third-order valence-corrected chi connectivity index (χ3v) is 6.91. The molecule has 2 rings (SSSR count). The molecule has 44 heavy (non-hydrogen) atoms. The van der Waals surface area contributed by atoms with Crippen LogP contribution in [0.3, 0.4) is 0 Å². The van der Waals surface area contributed by atoms with Gasteiger partial charge in [0.25, 0.3) is 0 Å². The van der Waals surface area contributed by atoms with E-state index in [2.05, 4.69) is 25.9 Å². The number of hydrogen-bond donors (Lipinski definition) is 10. The predicted molar refractivity (Wildman–Crippen MR) is 165 cm³/mol. The molecule has 1 heterocycles. The minimum Gasteiger partial charge on any atom is -0.480 e. The normalized spacial score (nSPS) is 13.7. The highest BCUT2D eigenvalue weighted by Gasteiger charge is 2.30. The summed E-state index contributed by atoms with van der Waals surface area (Å²) in [6, 6.07) is 2.72. The summed E-state index contributed by atoms with van der Waals surface area (Å²) in [5, 5.41) is 18.5. The number of aliphatic imine (C=N–C) groups is 1. The second kappa shape index (κ2) is 18.1. The zero-order valence-electron chi connectivity index (χ0n) is 24.6. The molecule has 0 aliphatic rings. The number of nitrogens with two attached hydrogens (primary N) is 5. The van der Waals surface area contributed by atoms with E-state index in [4.69, 9.17) is 28.7 Å². The molecule has 4 atom stereocenters. The van der Waals surface area contributed by atoms with Crippen molar-refractivity contribution in [2.45, 2.75) is 75.5 Å². The molecule has 4 unspecified atom stereocenters. The number of H-pyrrole nitrogens is 1. The summed E-state index contributed by atoms with van der Waals surface area (Å²) in [4.78, 5) is 69.7.